The molecule has 0 spiro atoms. The first-order valence-electron chi connectivity index (χ1n) is 8.20. The van der Waals surface area contributed by atoms with Gasteiger partial charge in [-0.05, 0) is 54.9 Å². The molecule has 1 N–H and O–H groups in total. The predicted molar refractivity (Wildman–Crippen MR) is 103 cm³/mol. The lowest BCUT2D eigenvalue weighted by molar-refractivity contribution is 0.307. The summed E-state index contributed by atoms with van der Waals surface area (Å²) in [6, 6.07) is 15.9. The zero-order valence-electron chi connectivity index (χ0n) is 14.0. The van der Waals surface area contributed by atoms with Crippen molar-refractivity contribution in [1.82, 2.24) is 14.8 Å². The highest BCUT2D eigenvalue weighted by molar-refractivity contribution is 7.71. The average Bonchev–Trinajstić information content (AvgIpc) is 2.94. The fourth-order valence-corrected chi connectivity index (χ4v) is 3.10. The van der Waals surface area contributed by atoms with E-state index in [9.17, 15) is 0 Å². The van der Waals surface area contributed by atoms with E-state index in [0.29, 0.717) is 11.4 Å². The van der Waals surface area contributed by atoms with Gasteiger partial charge in [-0.25, -0.2) is 0 Å². The molecule has 0 aliphatic carbocycles. The Kier molecular flexibility index (Phi) is 5.89. The fraction of sp³-hybridized carbons (Fsp3) is 0.263. The lowest BCUT2D eigenvalue weighted by Gasteiger charge is -2.10. The molecule has 0 aliphatic rings. The predicted octanol–water partition coefficient (Wildman–Crippen LogP) is 4.96. The molecule has 3 rings (SSSR count). The van der Waals surface area contributed by atoms with E-state index in [-0.39, 0.29) is 0 Å². The summed E-state index contributed by atoms with van der Waals surface area (Å²) in [6.07, 6.45) is 1.66. The Morgan fingerprint density at radius 1 is 1.20 bits per heavy atom. The molecule has 0 unspecified atom stereocenters. The summed E-state index contributed by atoms with van der Waals surface area (Å²) in [7, 11) is 0. The van der Waals surface area contributed by atoms with Crippen LogP contribution in [-0.2, 0) is 13.0 Å². The molecule has 0 saturated heterocycles. The number of halogens is 1. The molecule has 3 aromatic rings. The van der Waals surface area contributed by atoms with E-state index in [1.807, 2.05) is 47.9 Å². The van der Waals surface area contributed by atoms with E-state index in [1.54, 1.807) is 0 Å². The standard InChI is InChI=1S/C19H20ClN3OS/c1-14-12-16(20)9-10-17(14)24-11-5-8-18-21-22-19(25)23(18)13-15-6-3-2-4-7-15/h2-4,6-7,9-10,12H,5,8,11,13H2,1H3,(H,22,25). The fourth-order valence-electron chi connectivity index (χ4n) is 2.66. The number of aromatic nitrogens is 3. The topological polar surface area (TPSA) is 42.8 Å². The third-order valence-corrected chi connectivity index (χ3v) is 4.51. The highest BCUT2D eigenvalue weighted by Crippen LogP contribution is 2.22. The van der Waals surface area contributed by atoms with Gasteiger partial charge in [-0.3, -0.25) is 9.67 Å². The normalized spacial score (nSPS) is 10.8. The number of benzene rings is 2. The smallest absolute Gasteiger partial charge is 0.195 e. The van der Waals surface area contributed by atoms with Crippen molar-refractivity contribution in [3.05, 3.63) is 75.3 Å². The first kappa shape index (κ1) is 17.7. The highest BCUT2D eigenvalue weighted by Gasteiger charge is 2.07. The van der Waals surface area contributed by atoms with Gasteiger partial charge in [-0.1, -0.05) is 41.9 Å². The van der Waals surface area contributed by atoms with Gasteiger partial charge in [0.15, 0.2) is 4.77 Å². The second-order valence-electron chi connectivity index (χ2n) is 5.88. The minimum absolute atomic E-state index is 0.618. The molecule has 0 saturated carbocycles. The molecule has 0 fully saturated rings. The molecular weight excluding hydrogens is 354 g/mol. The van der Waals surface area contributed by atoms with Gasteiger partial charge in [-0.2, -0.15) is 5.10 Å². The number of aryl methyl sites for hydroxylation is 2. The van der Waals surface area contributed by atoms with Crippen LogP contribution >= 0.6 is 23.8 Å². The monoisotopic (exact) mass is 373 g/mol. The molecule has 1 aromatic heterocycles. The summed E-state index contributed by atoms with van der Waals surface area (Å²) in [6.45, 7) is 3.34. The van der Waals surface area contributed by atoms with Crippen LogP contribution in [0, 0.1) is 11.7 Å². The van der Waals surface area contributed by atoms with Gasteiger partial charge in [0.1, 0.15) is 11.6 Å². The Hall–Kier alpha value is -2.11. The Morgan fingerprint density at radius 3 is 2.76 bits per heavy atom. The molecule has 0 amide bonds. The number of ether oxygens (including phenoxy) is 1. The minimum Gasteiger partial charge on any atom is -0.493 e. The summed E-state index contributed by atoms with van der Waals surface area (Å²) < 4.78 is 8.53. The number of nitrogens with zero attached hydrogens (tertiary/aromatic N) is 2. The van der Waals surface area contributed by atoms with Crippen LogP contribution in [0.5, 0.6) is 5.75 Å². The Morgan fingerprint density at radius 2 is 2.00 bits per heavy atom. The maximum atomic E-state index is 5.96. The molecule has 4 nitrogen and oxygen atoms in total. The van der Waals surface area contributed by atoms with Gasteiger partial charge in [-0.15, -0.1) is 0 Å². The van der Waals surface area contributed by atoms with Crippen LogP contribution in [0.15, 0.2) is 48.5 Å². The molecule has 2 aromatic carbocycles. The number of hydrogen-bond acceptors (Lipinski definition) is 3. The van der Waals surface area contributed by atoms with Crippen LogP contribution in [0.3, 0.4) is 0 Å². The van der Waals surface area contributed by atoms with Gasteiger partial charge in [0.25, 0.3) is 0 Å². The average molecular weight is 374 g/mol. The van der Waals surface area contributed by atoms with Gasteiger partial charge in [0.2, 0.25) is 0 Å². The van der Waals surface area contributed by atoms with Crippen molar-refractivity contribution in [2.45, 2.75) is 26.3 Å². The zero-order valence-corrected chi connectivity index (χ0v) is 15.6. The van der Waals surface area contributed by atoms with Crippen molar-refractivity contribution in [3.8, 4) is 5.75 Å². The maximum absolute atomic E-state index is 5.96. The van der Waals surface area contributed by atoms with Gasteiger partial charge >= 0.3 is 0 Å². The molecule has 1 heterocycles. The number of hydrogen-bond donors (Lipinski definition) is 1. The third-order valence-electron chi connectivity index (χ3n) is 3.96. The zero-order chi connectivity index (χ0) is 17.6. The molecule has 0 aliphatic heterocycles. The molecule has 0 radical (unpaired) electrons. The summed E-state index contributed by atoms with van der Waals surface area (Å²) in [5, 5.41) is 7.97. The molecular formula is C19H20ClN3OS. The van der Waals surface area contributed by atoms with Gasteiger partial charge < -0.3 is 4.74 Å². The first-order valence-corrected chi connectivity index (χ1v) is 8.99. The number of aromatic amines is 1. The minimum atomic E-state index is 0.618. The van der Waals surface area contributed by atoms with Crippen molar-refractivity contribution in [2.24, 2.45) is 0 Å². The van der Waals surface area contributed by atoms with Crippen LogP contribution in [0.4, 0.5) is 0 Å². The van der Waals surface area contributed by atoms with E-state index < -0.39 is 0 Å². The van der Waals surface area contributed by atoms with Crippen LogP contribution in [-0.4, -0.2) is 21.4 Å². The quantitative estimate of drug-likeness (QED) is 0.470. The summed E-state index contributed by atoms with van der Waals surface area (Å²) >= 11 is 11.3. The van der Waals surface area contributed by atoms with Crippen molar-refractivity contribution in [1.29, 1.82) is 0 Å². The molecule has 25 heavy (non-hydrogen) atoms. The van der Waals surface area contributed by atoms with E-state index in [2.05, 4.69) is 22.3 Å². The van der Waals surface area contributed by atoms with Crippen molar-refractivity contribution in [2.75, 3.05) is 6.61 Å². The van der Waals surface area contributed by atoms with Crippen molar-refractivity contribution < 1.29 is 4.74 Å². The van der Waals surface area contributed by atoms with Crippen molar-refractivity contribution >= 4 is 23.8 Å². The second kappa shape index (κ2) is 8.32. The number of H-pyrrole nitrogens is 1. The largest absolute Gasteiger partial charge is 0.493 e. The highest BCUT2D eigenvalue weighted by atomic mass is 35.5. The molecule has 130 valence electrons. The van der Waals surface area contributed by atoms with E-state index in [4.69, 9.17) is 28.6 Å². The van der Waals surface area contributed by atoms with Crippen LogP contribution < -0.4 is 4.74 Å². The van der Waals surface area contributed by atoms with Crippen LogP contribution in [0.1, 0.15) is 23.4 Å². The Balaban J connectivity index is 1.58. The molecule has 0 atom stereocenters. The summed E-state index contributed by atoms with van der Waals surface area (Å²) in [5.74, 6) is 1.82. The van der Waals surface area contributed by atoms with Gasteiger partial charge in [0.05, 0.1) is 13.2 Å². The van der Waals surface area contributed by atoms with Crippen LogP contribution in [0.25, 0.3) is 0 Å². The summed E-state index contributed by atoms with van der Waals surface area (Å²) in [4.78, 5) is 0. The van der Waals surface area contributed by atoms with E-state index in [1.165, 1.54) is 5.56 Å². The number of rotatable bonds is 7. The Labute approximate surface area is 157 Å². The lowest BCUT2D eigenvalue weighted by atomic mass is 10.2. The SMILES string of the molecule is Cc1cc(Cl)ccc1OCCCc1n[nH]c(=S)n1Cc1ccccc1. The van der Waals surface area contributed by atoms with E-state index >= 15 is 0 Å². The maximum Gasteiger partial charge on any atom is 0.195 e. The van der Waals surface area contributed by atoms with Crippen molar-refractivity contribution in [3.63, 3.8) is 0 Å². The third kappa shape index (κ3) is 4.71. The lowest BCUT2D eigenvalue weighted by Crippen LogP contribution is -2.08. The Bertz CT molecular complexity index is 889. The number of nitrogens with one attached hydrogen (secondary N) is 1. The summed E-state index contributed by atoms with van der Waals surface area (Å²) in [5.41, 5.74) is 2.24. The van der Waals surface area contributed by atoms with E-state index in [0.717, 1.165) is 41.5 Å². The molecule has 0 bridgehead atoms. The molecule has 6 heteroatoms. The first-order chi connectivity index (χ1) is 12.1. The van der Waals surface area contributed by atoms with Crippen LogP contribution in [0.2, 0.25) is 5.02 Å². The second-order valence-corrected chi connectivity index (χ2v) is 6.70. The van der Waals surface area contributed by atoms with Gasteiger partial charge in [0, 0.05) is 11.4 Å².